The van der Waals surface area contributed by atoms with Gasteiger partial charge in [-0.3, -0.25) is 0 Å². The fraction of sp³-hybridized carbons (Fsp3) is 0.500. The Morgan fingerprint density at radius 2 is 2.20 bits per heavy atom. The van der Waals surface area contributed by atoms with Crippen LogP contribution < -0.4 is 0 Å². The van der Waals surface area contributed by atoms with E-state index >= 15 is 0 Å². The molecule has 0 amide bonds. The zero-order valence-corrected chi connectivity index (χ0v) is 9.60. The van der Waals surface area contributed by atoms with Crippen LogP contribution in [-0.4, -0.2) is 11.7 Å². The Labute approximate surface area is 94.9 Å². The van der Waals surface area contributed by atoms with E-state index in [1.807, 2.05) is 0 Å². The largest absolute Gasteiger partial charge is 0.396 e. The highest BCUT2D eigenvalue weighted by Gasteiger charge is 2.10. The number of hydrogen-bond donors (Lipinski definition) is 1. The minimum Gasteiger partial charge on any atom is -0.396 e. The number of aliphatic hydroxyl groups is 1. The summed E-state index contributed by atoms with van der Waals surface area (Å²) in [5.41, 5.74) is 0.631. The standard InChI is InChI=1S/C12H16ClFO/c1-2-3-9(8-15)6-10-4-5-11(13)7-12(10)14/h4-5,7,9,15H,2-3,6,8H2,1H3. The van der Waals surface area contributed by atoms with Crippen molar-refractivity contribution < 1.29 is 9.50 Å². The van der Waals surface area contributed by atoms with Gasteiger partial charge in [-0.25, -0.2) is 4.39 Å². The Morgan fingerprint density at radius 3 is 2.73 bits per heavy atom. The van der Waals surface area contributed by atoms with Gasteiger partial charge < -0.3 is 5.11 Å². The van der Waals surface area contributed by atoms with Crippen molar-refractivity contribution in [3.63, 3.8) is 0 Å². The Kier molecular flexibility index (Phi) is 5.06. The van der Waals surface area contributed by atoms with Crippen LogP contribution in [0.25, 0.3) is 0 Å². The number of benzene rings is 1. The molecule has 0 radical (unpaired) electrons. The van der Waals surface area contributed by atoms with Crippen molar-refractivity contribution in [1.82, 2.24) is 0 Å². The minimum atomic E-state index is -0.281. The summed E-state index contributed by atoms with van der Waals surface area (Å²) >= 11 is 5.66. The van der Waals surface area contributed by atoms with Crippen LogP contribution in [-0.2, 0) is 6.42 Å². The van der Waals surface area contributed by atoms with Crippen LogP contribution in [0.2, 0.25) is 5.02 Å². The first-order valence-corrected chi connectivity index (χ1v) is 5.60. The summed E-state index contributed by atoms with van der Waals surface area (Å²) in [6.45, 7) is 2.16. The maximum absolute atomic E-state index is 13.4. The average molecular weight is 231 g/mol. The predicted octanol–water partition coefficient (Wildman–Crippen LogP) is 3.43. The smallest absolute Gasteiger partial charge is 0.127 e. The molecule has 1 rings (SSSR count). The van der Waals surface area contributed by atoms with Gasteiger partial charge in [0.05, 0.1) is 0 Å². The third-order valence-electron chi connectivity index (χ3n) is 2.48. The van der Waals surface area contributed by atoms with Crippen LogP contribution in [0.1, 0.15) is 25.3 Å². The molecular formula is C12H16ClFO. The lowest BCUT2D eigenvalue weighted by Crippen LogP contribution is -2.10. The topological polar surface area (TPSA) is 20.2 Å². The van der Waals surface area contributed by atoms with Gasteiger partial charge in [0.2, 0.25) is 0 Å². The van der Waals surface area contributed by atoms with E-state index in [9.17, 15) is 4.39 Å². The molecule has 0 spiro atoms. The van der Waals surface area contributed by atoms with E-state index in [2.05, 4.69) is 6.92 Å². The molecule has 1 N–H and O–H groups in total. The number of rotatable bonds is 5. The van der Waals surface area contributed by atoms with Gasteiger partial charge in [0, 0.05) is 11.6 Å². The zero-order valence-electron chi connectivity index (χ0n) is 8.84. The summed E-state index contributed by atoms with van der Waals surface area (Å²) in [6.07, 6.45) is 2.49. The normalized spacial score (nSPS) is 12.8. The van der Waals surface area contributed by atoms with Gasteiger partial charge in [-0.15, -0.1) is 0 Å². The van der Waals surface area contributed by atoms with Crippen LogP contribution in [0.15, 0.2) is 18.2 Å². The molecule has 0 aliphatic heterocycles. The molecule has 0 saturated carbocycles. The van der Waals surface area contributed by atoms with E-state index < -0.39 is 0 Å². The molecule has 3 heteroatoms. The summed E-state index contributed by atoms with van der Waals surface area (Å²) in [5.74, 6) is -0.136. The molecule has 0 heterocycles. The molecule has 84 valence electrons. The van der Waals surface area contributed by atoms with Crippen molar-refractivity contribution in [3.05, 3.63) is 34.6 Å². The second kappa shape index (κ2) is 6.09. The first kappa shape index (κ1) is 12.5. The van der Waals surface area contributed by atoms with E-state index in [4.69, 9.17) is 16.7 Å². The molecule has 1 unspecified atom stereocenters. The van der Waals surface area contributed by atoms with Crippen LogP contribution >= 0.6 is 11.6 Å². The molecule has 0 aliphatic rings. The van der Waals surface area contributed by atoms with Crippen LogP contribution in [0.5, 0.6) is 0 Å². The summed E-state index contributed by atoms with van der Waals surface area (Å²) < 4.78 is 13.4. The van der Waals surface area contributed by atoms with Crippen LogP contribution in [0.4, 0.5) is 4.39 Å². The van der Waals surface area contributed by atoms with Crippen molar-refractivity contribution in [2.75, 3.05) is 6.61 Å². The third kappa shape index (κ3) is 3.80. The molecule has 0 aromatic heterocycles. The fourth-order valence-electron chi connectivity index (χ4n) is 1.66. The SMILES string of the molecule is CCCC(CO)Cc1ccc(Cl)cc1F. The highest BCUT2D eigenvalue weighted by atomic mass is 35.5. The van der Waals surface area contributed by atoms with E-state index in [1.54, 1.807) is 12.1 Å². The van der Waals surface area contributed by atoms with Gasteiger partial charge in [-0.2, -0.15) is 0 Å². The molecule has 15 heavy (non-hydrogen) atoms. The minimum absolute atomic E-state index is 0.107. The van der Waals surface area contributed by atoms with Crippen LogP contribution in [0, 0.1) is 11.7 Å². The highest BCUT2D eigenvalue weighted by molar-refractivity contribution is 6.30. The van der Waals surface area contributed by atoms with Crippen LogP contribution in [0.3, 0.4) is 0 Å². The molecule has 0 bridgehead atoms. The van der Waals surface area contributed by atoms with Crippen molar-refractivity contribution >= 4 is 11.6 Å². The summed E-state index contributed by atoms with van der Waals surface area (Å²) in [5, 5.41) is 9.52. The molecular weight excluding hydrogens is 215 g/mol. The quantitative estimate of drug-likeness (QED) is 0.822. The van der Waals surface area contributed by atoms with E-state index in [0.717, 1.165) is 12.8 Å². The lowest BCUT2D eigenvalue weighted by molar-refractivity contribution is 0.216. The first-order chi connectivity index (χ1) is 7.17. The van der Waals surface area contributed by atoms with Crippen molar-refractivity contribution in [1.29, 1.82) is 0 Å². The molecule has 0 aliphatic carbocycles. The van der Waals surface area contributed by atoms with Crippen molar-refractivity contribution in [2.24, 2.45) is 5.92 Å². The zero-order chi connectivity index (χ0) is 11.3. The lowest BCUT2D eigenvalue weighted by atomic mass is 9.95. The van der Waals surface area contributed by atoms with Gasteiger partial charge in [-0.05, 0) is 36.5 Å². The average Bonchev–Trinajstić information content (AvgIpc) is 2.21. The van der Waals surface area contributed by atoms with Crippen molar-refractivity contribution in [3.8, 4) is 0 Å². The molecule has 1 atom stereocenters. The maximum atomic E-state index is 13.4. The summed E-state index contributed by atoms with van der Waals surface area (Å²) in [6, 6.07) is 4.69. The Hall–Kier alpha value is -0.600. The summed E-state index contributed by atoms with van der Waals surface area (Å²) in [7, 11) is 0. The Bertz CT molecular complexity index is 314. The molecule has 1 aromatic rings. The fourth-order valence-corrected chi connectivity index (χ4v) is 1.82. The predicted molar refractivity (Wildman–Crippen MR) is 60.6 cm³/mol. The third-order valence-corrected chi connectivity index (χ3v) is 2.71. The second-order valence-electron chi connectivity index (χ2n) is 3.78. The van der Waals surface area contributed by atoms with Gasteiger partial charge in [0.25, 0.3) is 0 Å². The molecule has 1 nitrogen and oxygen atoms in total. The number of halogens is 2. The second-order valence-corrected chi connectivity index (χ2v) is 4.21. The molecule has 1 aromatic carbocycles. The van der Waals surface area contributed by atoms with Gasteiger partial charge in [0.1, 0.15) is 5.82 Å². The molecule has 0 fully saturated rings. The van der Waals surface area contributed by atoms with E-state index in [0.29, 0.717) is 17.0 Å². The number of hydrogen-bond acceptors (Lipinski definition) is 1. The van der Waals surface area contributed by atoms with E-state index in [-0.39, 0.29) is 18.3 Å². The molecule has 0 saturated heterocycles. The monoisotopic (exact) mass is 230 g/mol. The Morgan fingerprint density at radius 1 is 1.47 bits per heavy atom. The van der Waals surface area contributed by atoms with Gasteiger partial charge >= 0.3 is 0 Å². The first-order valence-electron chi connectivity index (χ1n) is 5.22. The summed E-state index contributed by atoms with van der Waals surface area (Å²) in [4.78, 5) is 0. The highest BCUT2D eigenvalue weighted by Crippen LogP contribution is 2.19. The maximum Gasteiger partial charge on any atom is 0.127 e. The van der Waals surface area contributed by atoms with E-state index in [1.165, 1.54) is 6.07 Å². The lowest BCUT2D eigenvalue weighted by Gasteiger charge is -2.13. The Balaban J connectivity index is 2.70. The number of aliphatic hydroxyl groups excluding tert-OH is 1. The van der Waals surface area contributed by atoms with Gasteiger partial charge in [-0.1, -0.05) is 31.0 Å². The van der Waals surface area contributed by atoms with Crippen molar-refractivity contribution in [2.45, 2.75) is 26.2 Å². The van der Waals surface area contributed by atoms with Gasteiger partial charge in [0.15, 0.2) is 0 Å².